The summed E-state index contributed by atoms with van der Waals surface area (Å²) in [5.74, 6) is 0.902. The van der Waals surface area contributed by atoms with Gasteiger partial charge in [-0.3, -0.25) is 0 Å². The van der Waals surface area contributed by atoms with Crippen LogP contribution in [0.4, 0.5) is 5.69 Å². The summed E-state index contributed by atoms with van der Waals surface area (Å²) >= 11 is 0. The second-order valence-electron chi connectivity index (χ2n) is 4.56. The molecule has 0 aromatic heterocycles. The Morgan fingerprint density at radius 2 is 1.94 bits per heavy atom. The molecule has 1 rings (SSSR count). The molecule has 0 aliphatic heterocycles. The van der Waals surface area contributed by atoms with E-state index in [0.29, 0.717) is 17.0 Å². The number of hydrogen-bond donors (Lipinski definition) is 1. The topological polar surface area (TPSA) is 69.4 Å². The van der Waals surface area contributed by atoms with Crippen LogP contribution >= 0.6 is 0 Å². The maximum atomic E-state index is 11.8. The molecule has 0 aliphatic rings. The zero-order chi connectivity index (χ0) is 13.1. The molecule has 1 aromatic carbocycles. The van der Waals surface area contributed by atoms with Crippen LogP contribution in [-0.2, 0) is 15.6 Å². The second kappa shape index (κ2) is 5.40. The summed E-state index contributed by atoms with van der Waals surface area (Å²) in [5.41, 5.74) is 6.86. The minimum atomic E-state index is -3.09. The Morgan fingerprint density at radius 1 is 1.29 bits per heavy atom. The Balaban J connectivity index is 2.91. The summed E-state index contributed by atoms with van der Waals surface area (Å²) in [6, 6.07) is 5.03. The van der Waals surface area contributed by atoms with Crippen LogP contribution in [-0.4, -0.2) is 21.3 Å². The van der Waals surface area contributed by atoms with Gasteiger partial charge in [-0.1, -0.05) is 13.8 Å². The monoisotopic (exact) mass is 257 g/mol. The van der Waals surface area contributed by atoms with Gasteiger partial charge in [0.05, 0.1) is 18.6 Å². The molecule has 0 saturated heterocycles. The van der Waals surface area contributed by atoms with Crippen molar-refractivity contribution in [3.8, 4) is 5.75 Å². The zero-order valence-corrected chi connectivity index (χ0v) is 11.3. The van der Waals surface area contributed by atoms with Gasteiger partial charge in [-0.05, 0) is 23.6 Å². The fraction of sp³-hybridized carbons (Fsp3) is 0.500. The predicted molar refractivity (Wildman–Crippen MR) is 69.7 cm³/mol. The summed E-state index contributed by atoms with van der Waals surface area (Å²) in [4.78, 5) is 0. The largest absolute Gasteiger partial charge is 0.497 e. The predicted octanol–water partition coefficient (Wildman–Crippen LogP) is 1.85. The van der Waals surface area contributed by atoms with E-state index in [9.17, 15) is 8.42 Å². The first-order valence-electron chi connectivity index (χ1n) is 5.46. The van der Waals surface area contributed by atoms with Gasteiger partial charge in [-0.15, -0.1) is 0 Å². The van der Waals surface area contributed by atoms with Crippen molar-refractivity contribution in [2.45, 2.75) is 19.6 Å². The van der Waals surface area contributed by atoms with Crippen LogP contribution in [0.2, 0.25) is 0 Å². The van der Waals surface area contributed by atoms with Crippen molar-refractivity contribution in [2.24, 2.45) is 5.92 Å². The smallest absolute Gasteiger partial charge is 0.154 e. The molecule has 0 radical (unpaired) electrons. The summed E-state index contributed by atoms with van der Waals surface area (Å²) in [6.45, 7) is 3.77. The van der Waals surface area contributed by atoms with Crippen LogP contribution in [0.25, 0.3) is 0 Å². The summed E-state index contributed by atoms with van der Waals surface area (Å²) < 4.78 is 28.7. The molecule has 0 saturated carbocycles. The van der Waals surface area contributed by atoms with Crippen molar-refractivity contribution >= 4 is 15.5 Å². The van der Waals surface area contributed by atoms with Crippen LogP contribution in [0, 0.1) is 5.92 Å². The lowest BCUT2D eigenvalue weighted by molar-refractivity contribution is 0.414. The lowest BCUT2D eigenvalue weighted by Gasteiger charge is -2.09. The van der Waals surface area contributed by atoms with E-state index in [1.165, 1.54) is 7.11 Å². The van der Waals surface area contributed by atoms with E-state index in [1.54, 1.807) is 18.2 Å². The van der Waals surface area contributed by atoms with Crippen molar-refractivity contribution < 1.29 is 13.2 Å². The molecular weight excluding hydrogens is 238 g/mol. The normalized spacial score (nSPS) is 11.8. The number of hydrogen-bond acceptors (Lipinski definition) is 4. The Kier molecular flexibility index (Phi) is 4.40. The van der Waals surface area contributed by atoms with Crippen LogP contribution in [0.15, 0.2) is 18.2 Å². The van der Waals surface area contributed by atoms with Crippen molar-refractivity contribution in [2.75, 3.05) is 18.6 Å². The van der Waals surface area contributed by atoms with Crippen LogP contribution in [0.5, 0.6) is 5.75 Å². The Bertz CT molecular complexity index is 481. The van der Waals surface area contributed by atoms with Crippen LogP contribution in [0.1, 0.15) is 19.4 Å². The number of sulfone groups is 1. The lowest BCUT2D eigenvalue weighted by atomic mass is 10.2. The molecule has 2 N–H and O–H groups in total. The molecular formula is C12H19NO3S. The number of nitrogen functional groups attached to an aromatic ring is 1. The first kappa shape index (κ1) is 13.8. The van der Waals surface area contributed by atoms with Gasteiger partial charge in [0.1, 0.15) is 5.75 Å². The van der Waals surface area contributed by atoms with Crippen LogP contribution < -0.4 is 10.5 Å². The van der Waals surface area contributed by atoms with Gasteiger partial charge in [0.25, 0.3) is 0 Å². The molecule has 96 valence electrons. The third-order valence-electron chi connectivity index (χ3n) is 2.20. The number of nitrogens with two attached hydrogens (primary N) is 1. The van der Waals surface area contributed by atoms with Gasteiger partial charge in [-0.25, -0.2) is 8.42 Å². The minimum absolute atomic E-state index is 0.00653. The molecule has 0 heterocycles. The highest BCUT2D eigenvalue weighted by Crippen LogP contribution is 2.20. The fourth-order valence-electron chi connectivity index (χ4n) is 1.71. The number of benzene rings is 1. The third-order valence-corrected chi connectivity index (χ3v) is 4.15. The van der Waals surface area contributed by atoms with Gasteiger partial charge in [0.15, 0.2) is 9.84 Å². The molecule has 17 heavy (non-hydrogen) atoms. The lowest BCUT2D eigenvalue weighted by Crippen LogP contribution is -2.14. The number of anilines is 1. The molecule has 0 spiro atoms. The van der Waals surface area contributed by atoms with E-state index in [2.05, 4.69) is 0 Å². The molecule has 5 heteroatoms. The SMILES string of the molecule is COc1cc(N)cc(CS(=O)(=O)CC(C)C)c1. The van der Waals surface area contributed by atoms with Crippen molar-refractivity contribution in [1.82, 2.24) is 0 Å². The van der Waals surface area contributed by atoms with E-state index >= 15 is 0 Å². The number of methoxy groups -OCH3 is 1. The van der Waals surface area contributed by atoms with Gasteiger partial charge >= 0.3 is 0 Å². The molecule has 0 aliphatic carbocycles. The zero-order valence-electron chi connectivity index (χ0n) is 10.4. The van der Waals surface area contributed by atoms with Gasteiger partial charge in [-0.2, -0.15) is 0 Å². The van der Waals surface area contributed by atoms with Gasteiger partial charge in [0, 0.05) is 11.8 Å². The van der Waals surface area contributed by atoms with Gasteiger partial charge < -0.3 is 10.5 Å². The van der Waals surface area contributed by atoms with Crippen molar-refractivity contribution in [3.63, 3.8) is 0 Å². The molecule has 0 atom stereocenters. The molecule has 1 aromatic rings. The highest BCUT2D eigenvalue weighted by molar-refractivity contribution is 7.90. The van der Waals surface area contributed by atoms with Crippen molar-refractivity contribution in [3.05, 3.63) is 23.8 Å². The Labute approximate surface area is 103 Å². The molecule has 0 amide bonds. The molecule has 0 bridgehead atoms. The average molecular weight is 257 g/mol. The fourth-order valence-corrected chi connectivity index (χ4v) is 3.52. The van der Waals surface area contributed by atoms with Crippen molar-refractivity contribution in [1.29, 1.82) is 0 Å². The average Bonchev–Trinajstić information content (AvgIpc) is 2.13. The molecule has 0 unspecified atom stereocenters. The van der Waals surface area contributed by atoms with Crippen LogP contribution in [0.3, 0.4) is 0 Å². The third kappa shape index (κ3) is 4.65. The quantitative estimate of drug-likeness (QED) is 0.817. The number of ether oxygens (including phenoxy) is 1. The van der Waals surface area contributed by atoms with E-state index < -0.39 is 9.84 Å². The van der Waals surface area contributed by atoms with E-state index in [4.69, 9.17) is 10.5 Å². The second-order valence-corrected chi connectivity index (χ2v) is 6.67. The highest BCUT2D eigenvalue weighted by atomic mass is 32.2. The Morgan fingerprint density at radius 3 is 2.47 bits per heavy atom. The minimum Gasteiger partial charge on any atom is -0.497 e. The maximum Gasteiger partial charge on any atom is 0.154 e. The summed E-state index contributed by atoms with van der Waals surface area (Å²) in [6.07, 6.45) is 0. The summed E-state index contributed by atoms with van der Waals surface area (Å²) in [5, 5.41) is 0. The first-order valence-corrected chi connectivity index (χ1v) is 7.28. The van der Waals surface area contributed by atoms with Gasteiger partial charge in [0.2, 0.25) is 0 Å². The summed E-state index contributed by atoms with van der Waals surface area (Å²) in [7, 11) is -1.56. The Hall–Kier alpha value is -1.23. The van der Waals surface area contributed by atoms with E-state index in [1.807, 2.05) is 13.8 Å². The van der Waals surface area contributed by atoms with E-state index in [-0.39, 0.29) is 17.4 Å². The van der Waals surface area contributed by atoms with E-state index in [0.717, 1.165) is 0 Å². The highest BCUT2D eigenvalue weighted by Gasteiger charge is 2.15. The number of rotatable bonds is 5. The molecule has 0 fully saturated rings. The maximum absolute atomic E-state index is 11.8. The first-order chi connectivity index (χ1) is 7.82. The standard InChI is InChI=1S/C12H19NO3S/c1-9(2)7-17(14,15)8-10-4-11(13)6-12(5-10)16-3/h4-6,9H,7-8,13H2,1-3H3. The molecule has 4 nitrogen and oxygen atoms in total.